The summed E-state index contributed by atoms with van der Waals surface area (Å²) in [4.78, 5) is 28.2. The fourth-order valence-electron chi connectivity index (χ4n) is 3.53. The number of amides is 2. The Hall–Kier alpha value is -1.59. The molecule has 26 heavy (non-hydrogen) atoms. The molecule has 0 bridgehead atoms. The van der Waals surface area contributed by atoms with E-state index in [0.717, 1.165) is 48.5 Å². The summed E-state index contributed by atoms with van der Waals surface area (Å²) >= 11 is 6.01. The molecule has 2 N–H and O–H groups in total. The van der Waals surface area contributed by atoms with E-state index in [9.17, 15) is 9.59 Å². The number of nitrogens with one attached hydrogen (secondary N) is 2. The molecule has 1 aliphatic rings. The lowest BCUT2D eigenvalue weighted by Gasteiger charge is -2.35. The van der Waals surface area contributed by atoms with Crippen molar-refractivity contribution in [2.24, 2.45) is 0 Å². The van der Waals surface area contributed by atoms with E-state index in [1.54, 1.807) is 12.1 Å². The Balaban J connectivity index is 1.92. The van der Waals surface area contributed by atoms with Crippen LogP contribution in [0.2, 0.25) is 5.02 Å². The standard InChI is InChI=1S/C20H30ClN3O2/c1-4-17-8-6-7-11-24(17)20(26)14-23(5-2)13-19(25)22-18-12-16(21)10-9-15(18)3/h9-10,12,17H,4-8,11,13-14H2,1-3H3,(H,22,25)/p+1/t17-/m0/s1. The van der Waals surface area contributed by atoms with E-state index in [4.69, 9.17) is 11.6 Å². The predicted octanol–water partition coefficient (Wildman–Crippen LogP) is 2.28. The summed E-state index contributed by atoms with van der Waals surface area (Å²) in [6, 6.07) is 5.80. The Kier molecular flexibility index (Phi) is 7.91. The molecular formula is C20H31ClN3O2+. The van der Waals surface area contributed by atoms with Crippen LogP contribution in [0.1, 0.15) is 45.1 Å². The van der Waals surface area contributed by atoms with Crippen LogP contribution in [0, 0.1) is 6.92 Å². The number of carbonyl (C=O) groups excluding carboxylic acids is 2. The quantitative estimate of drug-likeness (QED) is 0.762. The largest absolute Gasteiger partial charge is 0.335 e. The van der Waals surface area contributed by atoms with Crippen LogP contribution in [0.3, 0.4) is 0 Å². The van der Waals surface area contributed by atoms with Gasteiger partial charge in [-0.15, -0.1) is 0 Å². The molecular weight excluding hydrogens is 350 g/mol. The lowest BCUT2D eigenvalue weighted by Crippen LogP contribution is -3.14. The predicted molar refractivity (Wildman–Crippen MR) is 106 cm³/mol. The molecule has 1 unspecified atom stereocenters. The third-order valence-electron chi connectivity index (χ3n) is 5.20. The SMILES string of the molecule is CC[C@H]1CCCCN1C(=O)C[NH+](CC)CC(=O)Nc1cc(Cl)ccc1C. The van der Waals surface area contributed by atoms with Gasteiger partial charge in [-0.05, 0) is 57.2 Å². The number of likely N-dealkylation sites (tertiary alicyclic amines) is 1. The fraction of sp³-hybridized carbons (Fsp3) is 0.600. The number of quaternary nitrogens is 1. The number of likely N-dealkylation sites (N-methyl/N-ethyl adjacent to an activating group) is 1. The van der Waals surface area contributed by atoms with Crippen LogP contribution in [-0.2, 0) is 9.59 Å². The minimum atomic E-state index is -0.0919. The van der Waals surface area contributed by atoms with Crippen molar-refractivity contribution < 1.29 is 14.5 Å². The zero-order valence-corrected chi connectivity index (χ0v) is 16.9. The number of rotatable bonds is 7. The van der Waals surface area contributed by atoms with Gasteiger partial charge >= 0.3 is 0 Å². The lowest BCUT2D eigenvalue weighted by atomic mass is 10.00. The van der Waals surface area contributed by atoms with Crippen LogP contribution in [0.15, 0.2) is 18.2 Å². The average molecular weight is 381 g/mol. The van der Waals surface area contributed by atoms with Crippen LogP contribution in [0.5, 0.6) is 0 Å². The van der Waals surface area contributed by atoms with Gasteiger partial charge in [-0.1, -0.05) is 24.6 Å². The van der Waals surface area contributed by atoms with E-state index in [1.165, 1.54) is 6.42 Å². The van der Waals surface area contributed by atoms with Gasteiger partial charge in [-0.2, -0.15) is 0 Å². The number of benzene rings is 1. The van der Waals surface area contributed by atoms with Gasteiger partial charge in [-0.25, -0.2) is 0 Å². The van der Waals surface area contributed by atoms with Gasteiger partial charge in [0.25, 0.3) is 11.8 Å². The minimum Gasteiger partial charge on any atom is -0.335 e. The van der Waals surface area contributed by atoms with Gasteiger partial charge in [0.1, 0.15) is 0 Å². The molecule has 1 aromatic carbocycles. The highest BCUT2D eigenvalue weighted by Gasteiger charge is 2.28. The second kappa shape index (κ2) is 9.93. The zero-order chi connectivity index (χ0) is 19.1. The first kappa shape index (κ1) is 20.7. The van der Waals surface area contributed by atoms with Crippen molar-refractivity contribution in [3.05, 3.63) is 28.8 Å². The highest BCUT2D eigenvalue weighted by atomic mass is 35.5. The summed E-state index contributed by atoms with van der Waals surface area (Å²) in [5.41, 5.74) is 1.70. The Bertz CT molecular complexity index is 635. The first-order valence-corrected chi connectivity index (χ1v) is 10.0. The Morgan fingerprint density at radius 1 is 1.27 bits per heavy atom. The first-order chi connectivity index (χ1) is 12.4. The molecule has 0 radical (unpaired) electrons. The minimum absolute atomic E-state index is 0.0919. The molecule has 6 heteroatoms. The monoisotopic (exact) mass is 380 g/mol. The second-order valence-electron chi connectivity index (χ2n) is 7.11. The van der Waals surface area contributed by atoms with E-state index in [1.807, 2.05) is 24.8 Å². The molecule has 0 saturated carbocycles. The van der Waals surface area contributed by atoms with Crippen LogP contribution in [-0.4, -0.2) is 48.9 Å². The van der Waals surface area contributed by atoms with Crippen molar-refractivity contribution in [2.45, 2.75) is 52.5 Å². The molecule has 1 heterocycles. The Morgan fingerprint density at radius 3 is 2.73 bits per heavy atom. The van der Waals surface area contributed by atoms with Gasteiger partial charge < -0.3 is 15.1 Å². The molecule has 0 aromatic heterocycles. The molecule has 2 atom stereocenters. The molecule has 5 nitrogen and oxygen atoms in total. The van der Waals surface area contributed by atoms with Gasteiger partial charge in [0.05, 0.1) is 6.54 Å². The zero-order valence-electron chi connectivity index (χ0n) is 16.1. The van der Waals surface area contributed by atoms with E-state index < -0.39 is 0 Å². The first-order valence-electron chi connectivity index (χ1n) is 9.63. The summed E-state index contributed by atoms with van der Waals surface area (Å²) in [5.74, 6) is 0.0749. The maximum atomic E-state index is 12.7. The van der Waals surface area contributed by atoms with Gasteiger partial charge in [0, 0.05) is 23.3 Å². The van der Waals surface area contributed by atoms with Crippen molar-refractivity contribution in [3.63, 3.8) is 0 Å². The van der Waals surface area contributed by atoms with E-state index in [-0.39, 0.29) is 18.4 Å². The van der Waals surface area contributed by atoms with Crippen LogP contribution < -0.4 is 10.2 Å². The second-order valence-corrected chi connectivity index (χ2v) is 7.55. The molecule has 1 saturated heterocycles. The normalized spacial score (nSPS) is 18.5. The molecule has 0 aliphatic carbocycles. The van der Waals surface area contributed by atoms with Gasteiger partial charge in [0.15, 0.2) is 13.1 Å². The third-order valence-corrected chi connectivity index (χ3v) is 5.44. The molecule has 1 fully saturated rings. The molecule has 0 spiro atoms. The number of anilines is 1. The van der Waals surface area contributed by atoms with Crippen molar-refractivity contribution >= 4 is 29.1 Å². The number of halogens is 1. The van der Waals surface area contributed by atoms with Crippen LogP contribution >= 0.6 is 11.6 Å². The number of aryl methyl sites for hydroxylation is 1. The number of carbonyl (C=O) groups is 2. The number of hydrogen-bond donors (Lipinski definition) is 2. The van der Waals surface area contributed by atoms with Crippen LogP contribution in [0.25, 0.3) is 0 Å². The maximum absolute atomic E-state index is 12.7. The van der Waals surface area contributed by atoms with Crippen molar-refractivity contribution in [2.75, 3.05) is 31.5 Å². The molecule has 144 valence electrons. The Morgan fingerprint density at radius 2 is 2.04 bits per heavy atom. The van der Waals surface area contributed by atoms with Crippen molar-refractivity contribution in [1.82, 2.24) is 4.90 Å². The summed E-state index contributed by atoms with van der Waals surface area (Å²) < 4.78 is 0. The molecule has 1 aliphatic heterocycles. The fourth-order valence-corrected chi connectivity index (χ4v) is 3.70. The van der Waals surface area contributed by atoms with Gasteiger partial charge in [0.2, 0.25) is 0 Å². The van der Waals surface area contributed by atoms with E-state index >= 15 is 0 Å². The summed E-state index contributed by atoms with van der Waals surface area (Å²) in [7, 11) is 0. The number of hydrogen-bond acceptors (Lipinski definition) is 2. The molecule has 2 amide bonds. The summed E-state index contributed by atoms with van der Waals surface area (Å²) in [6.45, 7) is 8.31. The number of nitrogens with zero attached hydrogens (tertiary/aromatic N) is 1. The average Bonchev–Trinajstić information content (AvgIpc) is 2.63. The van der Waals surface area contributed by atoms with E-state index in [2.05, 4.69) is 12.2 Å². The molecule has 1 aromatic rings. The summed E-state index contributed by atoms with van der Waals surface area (Å²) in [5, 5.41) is 3.51. The Labute approximate surface area is 161 Å². The van der Waals surface area contributed by atoms with Crippen molar-refractivity contribution in [3.8, 4) is 0 Å². The smallest absolute Gasteiger partial charge is 0.279 e. The highest BCUT2D eigenvalue weighted by molar-refractivity contribution is 6.31. The third kappa shape index (κ3) is 5.71. The number of piperidine rings is 1. The lowest BCUT2D eigenvalue weighted by molar-refractivity contribution is -0.882. The topological polar surface area (TPSA) is 53.9 Å². The van der Waals surface area contributed by atoms with Crippen LogP contribution in [0.4, 0.5) is 5.69 Å². The summed E-state index contributed by atoms with van der Waals surface area (Å²) in [6.07, 6.45) is 4.38. The highest BCUT2D eigenvalue weighted by Crippen LogP contribution is 2.20. The van der Waals surface area contributed by atoms with Crippen molar-refractivity contribution in [1.29, 1.82) is 0 Å². The van der Waals surface area contributed by atoms with Gasteiger partial charge in [-0.3, -0.25) is 9.59 Å². The maximum Gasteiger partial charge on any atom is 0.279 e. The van der Waals surface area contributed by atoms with E-state index in [0.29, 0.717) is 17.6 Å². The molecule has 2 rings (SSSR count).